The first-order valence-corrected chi connectivity index (χ1v) is 6.12. The number of hydrogen-bond donors (Lipinski definition) is 2. The fraction of sp³-hybridized carbons (Fsp3) is 0.385. The molecule has 1 aromatic heterocycles. The van der Waals surface area contributed by atoms with Gasteiger partial charge in [0.05, 0.1) is 0 Å². The zero-order valence-electron chi connectivity index (χ0n) is 9.31. The molecule has 1 aliphatic heterocycles. The highest BCUT2D eigenvalue weighted by Crippen LogP contribution is 2.33. The maximum Gasteiger partial charge on any atom is 0.0473 e. The Kier molecular flexibility index (Phi) is 2.41. The van der Waals surface area contributed by atoms with Crippen LogP contribution in [0.5, 0.6) is 0 Å². The predicted octanol–water partition coefficient (Wildman–Crippen LogP) is 3.21. The number of rotatable bonds is 1. The van der Waals surface area contributed by atoms with Crippen LogP contribution in [0.3, 0.4) is 0 Å². The molecule has 0 saturated carbocycles. The Morgan fingerprint density at radius 3 is 3.00 bits per heavy atom. The number of aromatic nitrogens is 1. The first kappa shape index (κ1) is 10.2. The molecule has 2 nitrogen and oxygen atoms in total. The van der Waals surface area contributed by atoms with Gasteiger partial charge < -0.3 is 10.3 Å². The molecule has 0 spiro atoms. The highest BCUT2D eigenvalue weighted by atomic mass is 35.5. The van der Waals surface area contributed by atoms with Gasteiger partial charge in [-0.25, -0.2) is 0 Å². The summed E-state index contributed by atoms with van der Waals surface area (Å²) in [5, 5.41) is 5.55. The average Bonchev–Trinajstić information content (AvgIpc) is 2.83. The lowest BCUT2D eigenvalue weighted by Crippen LogP contribution is -2.08. The second kappa shape index (κ2) is 3.79. The van der Waals surface area contributed by atoms with Crippen LogP contribution in [0.2, 0.25) is 5.02 Å². The number of halogens is 1. The van der Waals surface area contributed by atoms with Gasteiger partial charge in [0.1, 0.15) is 0 Å². The van der Waals surface area contributed by atoms with Crippen molar-refractivity contribution in [1.29, 1.82) is 0 Å². The van der Waals surface area contributed by atoms with Gasteiger partial charge >= 0.3 is 0 Å². The van der Waals surface area contributed by atoms with Crippen LogP contribution in [0.15, 0.2) is 18.2 Å². The first-order chi connectivity index (χ1) is 7.75. The van der Waals surface area contributed by atoms with E-state index in [0.717, 1.165) is 23.6 Å². The van der Waals surface area contributed by atoms with Crippen molar-refractivity contribution in [2.75, 3.05) is 13.1 Å². The van der Waals surface area contributed by atoms with Gasteiger partial charge in [-0.05, 0) is 43.5 Å². The number of aryl methyl sites for hydroxylation is 1. The monoisotopic (exact) mass is 234 g/mol. The van der Waals surface area contributed by atoms with E-state index < -0.39 is 0 Å². The molecule has 1 unspecified atom stereocenters. The second-order valence-electron chi connectivity index (χ2n) is 4.54. The van der Waals surface area contributed by atoms with Crippen LogP contribution in [0.25, 0.3) is 10.9 Å². The van der Waals surface area contributed by atoms with Gasteiger partial charge in [0, 0.05) is 28.2 Å². The minimum absolute atomic E-state index is 0.648. The summed E-state index contributed by atoms with van der Waals surface area (Å²) in [4.78, 5) is 3.43. The fourth-order valence-electron chi connectivity index (χ4n) is 2.75. The smallest absolute Gasteiger partial charge is 0.0473 e. The number of aromatic amines is 1. The van der Waals surface area contributed by atoms with E-state index >= 15 is 0 Å². The van der Waals surface area contributed by atoms with Crippen molar-refractivity contribution in [3.05, 3.63) is 34.5 Å². The Balaban J connectivity index is 2.18. The third-order valence-electron chi connectivity index (χ3n) is 3.47. The van der Waals surface area contributed by atoms with Crippen molar-refractivity contribution in [2.45, 2.75) is 19.3 Å². The minimum Gasteiger partial charge on any atom is -0.358 e. The molecule has 2 aromatic rings. The molecule has 2 heterocycles. The van der Waals surface area contributed by atoms with Crippen LogP contribution in [0.4, 0.5) is 0 Å². The van der Waals surface area contributed by atoms with Gasteiger partial charge in [0.15, 0.2) is 0 Å². The van der Waals surface area contributed by atoms with E-state index in [2.05, 4.69) is 23.3 Å². The highest BCUT2D eigenvalue weighted by Gasteiger charge is 2.22. The summed E-state index contributed by atoms with van der Waals surface area (Å²) in [6.07, 6.45) is 1.23. The summed E-state index contributed by atoms with van der Waals surface area (Å²) in [5.41, 5.74) is 3.91. The Morgan fingerprint density at radius 1 is 1.38 bits per heavy atom. The summed E-state index contributed by atoms with van der Waals surface area (Å²) >= 11 is 6.01. The maximum absolute atomic E-state index is 6.01. The van der Waals surface area contributed by atoms with Crippen molar-refractivity contribution < 1.29 is 0 Å². The molecule has 3 heteroatoms. The Labute approximate surface area is 100.0 Å². The van der Waals surface area contributed by atoms with E-state index in [9.17, 15) is 0 Å². The van der Waals surface area contributed by atoms with Crippen LogP contribution in [-0.2, 0) is 0 Å². The quantitative estimate of drug-likeness (QED) is 0.779. The Morgan fingerprint density at radius 2 is 2.25 bits per heavy atom. The van der Waals surface area contributed by atoms with Crippen molar-refractivity contribution in [2.24, 2.45) is 0 Å². The van der Waals surface area contributed by atoms with Crippen molar-refractivity contribution in [3.63, 3.8) is 0 Å². The lowest BCUT2D eigenvalue weighted by atomic mass is 9.95. The van der Waals surface area contributed by atoms with E-state index in [4.69, 9.17) is 11.6 Å². The lowest BCUT2D eigenvalue weighted by Gasteiger charge is -2.08. The molecular formula is C13H15ClN2. The van der Waals surface area contributed by atoms with E-state index in [1.807, 2.05) is 12.1 Å². The molecule has 1 saturated heterocycles. The molecule has 0 radical (unpaired) electrons. The van der Waals surface area contributed by atoms with E-state index in [1.165, 1.54) is 23.1 Å². The topological polar surface area (TPSA) is 27.8 Å². The molecule has 1 aromatic carbocycles. The SMILES string of the molecule is Cc1[nH]c2cc(Cl)ccc2c1C1CCNC1. The molecule has 0 bridgehead atoms. The van der Waals surface area contributed by atoms with Crippen LogP contribution >= 0.6 is 11.6 Å². The van der Waals surface area contributed by atoms with Crippen molar-refractivity contribution in [1.82, 2.24) is 10.3 Å². The first-order valence-electron chi connectivity index (χ1n) is 5.74. The number of hydrogen-bond acceptors (Lipinski definition) is 1. The molecule has 84 valence electrons. The lowest BCUT2D eigenvalue weighted by molar-refractivity contribution is 0.763. The summed E-state index contributed by atoms with van der Waals surface area (Å²) in [5.74, 6) is 0.648. The second-order valence-corrected chi connectivity index (χ2v) is 4.98. The molecule has 2 N–H and O–H groups in total. The number of fused-ring (bicyclic) bond motifs is 1. The van der Waals surface area contributed by atoms with Gasteiger partial charge in [-0.3, -0.25) is 0 Å². The molecule has 16 heavy (non-hydrogen) atoms. The standard InChI is InChI=1S/C13H15ClN2/c1-8-13(9-4-5-15-7-9)11-3-2-10(14)6-12(11)16-8/h2-3,6,9,15-16H,4-5,7H2,1H3. The van der Waals surface area contributed by atoms with Gasteiger partial charge in [-0.2, -0.15) is 0 Å². The normalized spacial score (nSPS) is 20.8. The summed E-state index contributed by atoms with van der Waals surface area (Å²) in [7, 11) is 0. The fourth-order valence-corrected chi connectivity index (χ4v) is 2.93. The molecule has 3 rings (SSSR count). The van der Waals surface area contributed by atoms with Crippen LogP contribution in [0.1, 0.15) is 23.6 Å². The highest BCUT2D eigenvalue weighted by molar-refractivity contribution is 6.31. The van der Waals surface area contributed by atoms with Gasteiger partial charge in [-0.1, -0.05) is 17.7 Å². The predicted molar refractivity (Wildman–Crippen MR) is 68.3 cm³/mol. The summed E-state index contributed by atoms with van der Waals surface area (Å²) < 4.78 is 0. The van der Waals surface area contributed by atoms with Crippen molar-refractivity contribution >= 4 is 22.5 Å². The molecule has 1 atom stereocenters. The summed E-state index contributed by atoms with van der Waals surface area (Å²) in [6, 6.07) is 6.12. The van der Waals surface area contributed by atoms with Crippen LogP contribution < -0.4 is 5.32 Å². The van der Waals surface area contributed by atoms with Crippen LogP contribution in [0, 0.1) is 6.92 Å². The number of H-pyrrole nitrogens is 1. The van der Waals surface area contributed by atoms with Gasteiger partial charge in [0.25, 0.3) is 0 Å². The largest absolute Gasteiger partial charge is 0.358 e. The average molecular weight is 235 g/mol. The van der Waals surface area contributed by atoms with E-state index in [1.54, 1.807) is 0 Å². The third kappa shape index (κ3) is 1.53. The molecule has 1 aliphatic rings. The van der Waals surface area contributed by atoms with E-state index in [0.29, 0.717) is 5.92 Å². The molecule has 0 amide bonds. The maximum atomic E-state index is 6.01. The third-order valence-corrected chi connectivity index (χ3v) is 3.70. The van der Waals surface area contributed by atoms with Crippen LogP contribution in [-0.4, -0.2) is 18.1 Å². The Hall–Kier alpha value is -0.990. The summed E-state index contributed by atoms with van der Waals surface area (Å²) in [6.45, 7) is 4.38. The zero-order valence-corrected chi connectivity index (χ0v) is 10.1. The number of benzene rings is 1. The zero-order chi connectivity index (χ0) is 11.1. The van der Waals surface area contributed by atoms with Gasteiger partial charge in [-0.15, -0.1) is 0 Å². The minimum atomic E-state index is 0.648. The van der Waals surface area contributed by atoms with Crippen molar-refractivity contribution in [3.8, 4) is 0 Å². The molecular weight excluding hydrogens is 220 g/mol. The Bertz CT molecular complexity index is 524. The molecule has 0 aliphatic carbocycles. The van der Waals surface area contributed by atoms with Gasteiger partial charge in [0.2, 0.25) is 0 Å². The number of nitrogens with one attached hydrogen (secondary N) is 2. The molecule has 1 fully saturated rings. The van der Waals surface area contributed by atoms with E-state index in [-0.39, 0.29) is 0 Å².